The second-order valence-electron chi connectivity index (χ2n) is 22.3. The minimum atomic E-state index is -4.54. The monoisotopic (exact) mass is 1330 g/mol. The molecule has 8 rings (SSSR count). The van der Waals surface area contributed by atoms with Crippen LogP contribution >= 0.6 is 7.82 Å². The Morgan fingerprint density at radius 2 is 0.708 bits per heavy atom. The summed E-state index contributed by atoms with van der Waals surface area (Å²) in [6.07, 6.45) is -7.96. The fourth-order valence-corrected chi connectivity index (χ4v) is 10.5. The summed E-state index contributed by atoms with van der Waals surface area (Å²) in [6.45, 7) is -3.33. The maximum absolute atomic E-state index is 14.7. The minimum absolute atomic E-state index is 0.0230. The molecule has 6 N–H and O–H groups in total. The third kappa shape index (κ3) is 25.6. The molecule has 0 spiro atoms. The number of carbonyl (C=O) groups is 2. The molecule has 0 aliphatic heterocycles. The van der Waals surface area contributed by atoms with E-state index in [1.54, 1.807) is 133 Å². The fourth-order valence-electron chi connectivity index (χ4n) is 9.27. The number of hydrogen-bond acceptors (Lipinski definition) is 20. The molecule has 506 valence electrons. The standard InChI is InChI=1S/C75H81O20P/c76-65(54-94-96(84,92-51-63-37-21-7-22-38-63)93-52-64-39-23-8-24-40-64)53-91-74(82,72(80)89-49-61-33-17-5-18-34-61)44-71(69(78)42-67(88-48-60-31-15-4-16-32-60)56-86-46-58-27-11-2-12-28-58)95-75(83,73(81)90-50-62-35-19-6-20-36-62)43-70(79)68(77)41-66(87-47-59-29-13-3-14-30-59)55-85-45-57-25-9-1-10-26-57/h1-40,43-44,65-69,76-79,82-83H,41-42,45-56H2/b70-43-,71-44-/t65?,66-,67-,68?,69?,74?,75?/m0/s1. The summed E-state index contributed by atoms with van der Waals surface area (Å²) in [5, 5.41) is 73.7. The molecule has 0 aliphatic rings. The summed E-state index contributed by atoms with van der Waals surface area (Å²) in [6, 6.07) is 70.8. The maximum atomic E-state index is 14.7. The smallest absolute Gasteiger partial charge is 0.475 e. The van der Waals surface area contributed by atoms with E-state index in [2.05, 4.69) is 0 Å². The van der Waals surface area contributed by atoms with Gasteiger partial charge in [-0.15, -0.1) is 0 Å². The third-order valence-corrected chi connectivity index (χ3v) is 15.8. The van der Waals surface area contributed by atoms with Crippen molar-refractivity contribution in [1.82, 2.24) is 0 Å². The van der Waals surface area contributed by atoms with E-state index >= 15 is 0 Å². The number of rotatable bonds is 42. The number of phosphoric acid groups is 1. The summed E-state index contributed by atoms with van der Waals surface area (Å²) in [5.74, 6) is -12.3. The van der Waals surface area contributed by atoms with Crippen LogP contribution in [0.3, 0.4) is 0 Å². The van der Waals surface area contributed by atoms with Crippen molar-refractivity contribution in [1.29, 1.82) is 0 Å². The molecule has 0 amide bonds. The average molecular weight is 1330 g/mol. The molecule has 7 atom stereocenters. The van der Waals surface area contributed by atoms with E-state index in [0.717, 1.165) is 22.3 Å². The quantitative estimate of drug-likeness (QED) is 0.00898. The van der Waals surface area contributed by atoms with Gasteiger partial charge in [0.05, 0.1) is 78.3 Å². The second-order valence-corrected chi connectivity index (χ2v) is 24.0. The van der Waals surface area contributed by atoms with Gasteiger partial charge in [0, 0.05) is 25.0 Å². The van der Waals surface area contributed by atoms with Crippen LogP contribution < -0.4 is 0 Å². The van der Waals surface area contributed by atoms with E-state index in [1.807, 2.05) is 109 Å². The van der Waals surface area contributed by atoms with Crippen LogP contribution in [-0.4, -0.2) is 111 Å². The van der Waals surface area contributed by atoms with Crippen molar-refractivity contribution in [3.05, 3.63) is 311 Å². The topological polar surface area (TPSA) is 274 Å². The number of carbonyl (C=O) groups excluding carboxylic acids is 2. The predicted molar refractivity (Wildman–Crippen MR) is 354 cm³/mol. The van der Waals surface area contributed by atoms with Gasteiger partial charge in [-0.1, -0.05) is 243 Å². The average Bonchev–Trinajstić information content (AvgIpc) is 0.839. The minimum Gasteiger partial charge on any atom is -0.510 e. The first-order valence-electron chi connectivity index (χ1n) is 31.2. The van der Waals surface area contributed by atoms with Crippen molar-refractivity contribution >= 4 is 19.8 Å². The first-order chi connectivity index (χ1) is 46.6. The molecule has 0 bridgehead atoms. The summed E-state index contributed by atoms with van der Waals surface area (Å²) in [5.41, 5.74) is 5.28. The Balaban J connectivity index is 1.15. The number of benzene rings is 8. The Morgan fingerprint density at radius 3 is 1.08 bits per heavy atom. The highest BCUT2D eigenvalue weighted by Crippen LogP contribution is 2.51. The van der Waals surface area contributed by atoms with Crippen LogP contribution in [0.15, 0.2) is 266 Å². The van der Waals surface area contributed by atoms with Gasteiger partial charge in [0.2, 0.25) is 0 Å². The van der Waals surface area contributed by atoms with Gasteiger partial charge in [-0.25, -0.2) is 14.2 Å². The molecule has 8 aromatic carbocycles. The highest BCUT2D eigenvalue weighted by molar-refractivity contribution is 7.48. The van der Waals surface area contributed by atoms with Crippen molar-refractivity contribution in [3.63, 3.8) is 0 Å². The van der Waals surface area contributed by atoms with Crippen LogP contribution in [0, 0.1) is 0 Å². The highest BCUT2D eigenvalue weighted by Gasteiger charge is 2.46. The summed E-state index contributed by atoms with van der Waals surface area (Å²) >= 11 is 0. The molecule has 0 saturated carbocycles. The van der Waals surface area contributed by atoms with E-state index in [1.165, 1.54) is 0 Å². The van der Waals surface area contributed by atoms with E-state index in [4.69, 9.17) is 51.5 Å². The van der Waals surface area contributed by atoms with Gasteiger partial charge in [0.25, 0.3) is 5.79 Å². The number of hydrogen-bond donors (Lipinski definition) is 6. The van der Waals surface area contributed by atoms with Crippen LogP contribution in [0.4, 0.5) is 0 Å². The number of esters is 2. The second kappa shape index (κ2) is 38.9. The summed E-state index contributed by atoms with van der Waals surface area (Å²) in [4.78, 5) is 29.4. The lowest BCUT2D eigenvalue weighted by molar-refractivity contribution is -0.222. The molecule has 96 heavy (non-hydrogen) atoms. The zero-order valence-corrected chi connectivity index (χ0v) is 53.8. The zero-order chi connectivity index (χ0) is 67.7. The van der Waals surface area contributed by atoms with Gasteiger partial charge in [0.1, 0.15) is 43.0 Å². The SMILES string of the molecule is O=C(OCc1ccccc1)C(O)(/C=C(\OC(O)(/C=C(\O)C(O)C[C@@H](COCc1ccccc1)OCc1ccccc1)C(=O)OCc1ccccc1)C(O)C[C@@H](COCc1ccccc1)OCc1ccccc1)OCC(O)COP(=O)(OCc1ccccc1)OCc1ccccc1. The Kier molecular flexibility index (Phi) is 29.7. The summed E-state index contributed by atoms with van der Waals surface area (Å²) < 4.78 is 79.5. The summed E-state index contributed by atoms with van der Waals surface area (Å²) in [7, 11) is -4.54. The molecular weight excluding hydrogens is 1250 g/mol. The molecule has 5 unspecified atom stereocenters. The molecule has 8 aromatic rings. The number of ether oxygens (including phenoxy) is 8. The molecule has 0 radical (unpaired) electrons. The lowest BCUT2D eigenvalue weighted by atomic mass is 10.1. The maximum Gasteiger partial charge on any atom is 0.475 e. The first-order valence-corrected chi connectivity index (χ1v) is 32.6. The van der Waals surface area contributed by atoms with Gasteiger partial charge in [0.15, 0.2) is 0 Å². The van der Waals surface area contributed by atoms with Crippen LogP contribution in [-0.2, 0) is 118 Å². The van der Waals surface area contributed by atoms with E-state index in [0.29, 0.717) is 34.4 Å². The first kappa shape index (κ1) is 73.3. The van der Waals surface area contributed by atoms with Crippen LogP contribution in [0.25, 0.3) is 0 Å². The normalized spacial score (nSPS) is 14.8. The van der Waals surface area contributed by atoms with Crippen molar-refractivity contribution in [2.75, 3.05) is 26.4 Å². The molecule has 0 aromatic heterocycles. The lowest BCUT2D eigenvalue weighted by Gasteiger charge is -2.32. The molecule has 0 saturated heterocycles. The third-order valence-electron chi connectivity index (χ3n) is 14.5. The van der Waals surface area contributed by atoms with Gasteiger partial charge in [-0.3, -0.25) is 13.6 Å². The van der Waals surface area contributed by atoms with Gasteiger partial charge in [-0.05, 0) is 44.5 Å². The fraction of sp³-hybridized carbons (Fsp3) is 0.280. The van der Waals surface area contributed by atoms with Gasteiger partial charge in [-0.2, -0.15) is 0 Å². The molecule has 0 heterocycles. The predicted octanol–water partition coefficient (Wildman–Crippen LogP) is 11.2. The zero-order valence-electron chi connectivity index (χ0n) is 52.9. The molecular formula is C75H81O20P. The van der Waals surface area contributed by atoms with Crippen LogP contribution in [0.2, 0.25) is 0 Å². The van der Waals surface area contributed by atoms with Crippen molar-refractivity contribution < 1.29 is 96.3 Å². The van der Waals surface area contributed by atoms with Crippen molar-refractivity contribution in [3.8, 4) is 0 Å². The number of aliphatic hydroxyl groups excluding tert-OH is 4. The van der Waals surface area contributed by atoms with Crippen molar-refractivity contribution in [2.45, 2.75) is 108 Å². The van der Waals surface area contributed by atoms with Gasteiger partial charge >= 0.3 is 25.5 Å². The largest absolute Gasteiger partial charge is 0.510 e. The molecule has 0 aliphatic carbocycles. The van der Waals surface area contributed by atoms with Crippen molar-refractivity contribution in [2.24, 2.45) is 0 Å². The van der Waals surface area contributed by atoms with Crippen LogP contribution in [0.1, 0.15) is 57.3 Å². The Morgan fingerprint density at radius 1 is 0.385 bits per heavy atom. The molecule has 0 fully saturated rings. The molecule has 20 nitrogen and oxygen atoms in total. The lowest BCUT2D eigenvalue weighted by Crippen LogP contribution is -2.47. The van der Waals surface area contributed by atoms with E-state index in [9.17, 15) is 44.8 Å². The Hall–Kier alpha value is -8.51. The van der Waals surface area contributed by atoms with E-state index < -0.39 is 113 Å². The molecule has 21 heteroatoms. The van der Waals surface area contributed by atoms with E-state index in [-0.39, 0.29) is 52.9 Å². The Labute approximate surface area is 558 Å². The number of aliphatic hydroxyl groups is 6. The Bertz CT molecular complexity index is 3570. The van der Waals surface area contributed by atoms with Crippen LogP contribution in [0.5, 0.6) is 0 Å². The highest BCUT2D eigenvalue weighted by atomic mass is 31.2. The van der Waals surface area contributed by atoms with Gasteiger partial charge < -0.3 is 68.5 Å². The number of phosphoric ester groups is 1.